The van der Waals surface area contributed by atoms with Crippen LogP contribution < -0.4 is 11.0 Å². The van der Waals surface area contributed by atoms with Crippen LogP contribution >= 0.6 is 11.6 Å². The van der Waals surface area contributed by atoms with Gasteiger partial charge in [-0.25, -0.2) is 4.79 Å². The fourth-order valence-electron chi connectivity index (χ4n) is 2.30. The van der Waals surface area contributed by atoms with Gasteiger partial charge in [-0.15, -0.1) is 0 Å². The summed E-state index contributed by atoms with van der Waals surface area (Å²) in [5.41, 5.74) is 3.62. The van der Waals surface area contributed by atoms with E-state index in [1.165, 1.54) is 0 Å². The highest BCUT2D eigenvalue weighted by Gasteiger charge is 2.08. The van der Waals surface area contributed by atoms with Crippen molar-refractivity contribution in [3.05, 3.63) is 63.0 Å². The summed E-state index contributed by atoms with van der Waals surface area (Å²) >= 11 is 5.94. The number of carbonyl (C=O) groups excluding carboxylic acids is 1. The number of halogens is 1. The number of amides is 1. The average molecular weight is 316 g/mol. The number of aromatic amines is 2. The highest BCUT2D eigenvalue weighted by atomic mass is 35.5. The first kappa shape index (κ1) is 14.4. The lowest BCUT2D eigenvalue weighted by atomic mass is 10.1. The smallest absolute Gasteiger partial charge is 0.323 e. The van der Waals surface area contributed by atoms with Crippen molar-refractivity contribution in [1.82, 2.24) is 9.97 Å². The first-order valence-electron chi connectivity index (χ1n) is 6.78. The molecule has 0 saturated carbocycles. The maximum atomic E-state index is 12.2. The summed E-state index contributed by atoms with van der Waals surface area (Å²) in [6.45, 7) is 1.91. The number of hydrogen-bond acceptors (Lipinski definition) is 2. The molecule has 0 unspecified atom stereocenters. The molecule has 0 aliphatic heterocycles. The largest absolute Gasteiger partial charge is 0.326 e. The lowest BCUT2D eigenvalue weighted by Gasteiger charge is -2.09. The molecular weight excluding hydrogens is 302 g/mol. The molecule has 1 heterocycles. The van der Waals surface area contributed by atoms with E-state index in [0.29, 0.717) is 16.2 Å². The van der Waals surface area contributed by atoms with E-state index in [0.717, 1.165) is 16.6 Å². The molecule has 0 atom stereocenters. The van der Waals surface area contributed by atoms with Gasteiger partial charge in [0.1, 0.15) is 0 Å². The molecular formula is C16H14ClN3O2. The summed E-state index contributed by atoms with van der Waals surface area (Å²) in [5, 5.41) is 3.43. The van der Waals surface area contributed by atoms with Gasteiger partial charge in [-0.2, -0.15) is 0 Å². The Bertz CT molecular complexity index is 911. The summed E-state index contributed by atoms with van der Waals surface area (Å²) < 4.78 is 0. The molecule has 6 heteroatoms. The number of H-pyrrole nitrogens is 2. The quantitative estimate of drug-likeness (QED) is 0.695. The van der Waals surface area contributed by atoms with Gasteiger partial charge in [-0.1, -0.05) is 23.7 Å². The Morgan fingerprint density at radius 1 is 1.14 bits per heavy atom. The molecule has 5 nitrogen and oxygen atoms in total. The Morgan fingerprint density at radius 2 is 1.91 bits per heavy atom. The zero-order valence-electron chi connectivity index (χ0n) is 11.9. The van der Waals surface area contributed by atoms with Crippen molar-refractivity contribution >= 4 is 34.2 Å². The van der Waals surface area contributed by atoms with E-state index >= 15 is 0 Å². The second-order valence-electron chi connectivity index (χ2n) is 5.14. The third-order valence-electron chi connectivity index (χ3n) is 3.42. The molecule has 1 aromatic heterocycles. The van der Waals surface area contributed by atoms with E-state index in [1.807, 2.05) is 19.1 Å². The first-order chi connectivity index (χ1) is 10.5. The van der Waals surface area contributed by atoms with Gasteiger partial charge in [0.05, 0.1) is 17.5 Å². The van der Waals surface area contributed by atoms with E-state index in [2.05, 4.69) is 15.3 Å². The summed E-state index contributed by atoms with van der Waals surface area (Å²) in [7, 11) is 0. The van der Waals surface area contributed by atoms with Crippen LogP contribution in [0.2, 0.25) is 5.02 Å². The summed E-state index contributed by atoms with van der Waals surface area (Å²) in [6, 6.07) is 10.7. The predicted molar refractivity (Wildman–Crippen MR) is 87.4 cm³/mol. The predicted octanol–water partition coefficient (Wildman–Crippen LogP) is 3.00. The Kier molecular flexibility index (Phi) is 3.73. The Balaban J connectivity index is 1.77. The fourth-order valence-corrected chi connectivity index (χ4v) is 2.47. The number of carbonyl (C=O) groups is 1. The standard InChI is InChI=1S/C16H14ClN3O2/c1-9-2-4-11(17)8-13(9)18-15(21)7-10-3-5-12-14(6-10)20-16(22)19-12/h2-6,8H,7H2,1H3,(H,18,21)(H2,19,20,22). The summed E-state index contributed by atoms with van der Waals surface area (Å²) in [5.74, 6) is -0.136. The Hall–Kier alpha value is -2.53. The number of anilines is 1. The number of aryl methyl sites for hydroxylation is 1. The van der Waals surface area contributed by atoms with Crippen LogP contribution in [0.3, 0.4) is 0 Å². The van der Waals surface area contributed by atoms with E-state index in [4.69, 9.17) is 11.6 Å². The van der Waals surface area contributed by atoms with Crippen LogP contribution in [0.4, 0.5) is 5.69 Å². The number of nitrogens with one attached hydrogen (secondary N) is 3. The molecule has 1 amide bonds. The van der Waals surface area contributed by atoms with Crippen LogP contribution in [-0.4, -0.2) is 15.9 Å². The lowest BCUT2D eigenvalue weighted by Crippen LogP contribution is -2.15. The Labute approximate surface area is 131 Å². The van der Waals surface area contributed by atoms with Crippen LogP contribution in [0.1, 0.15) is 11.1 Å². The third-order valence-corrected chi connectivity index (χ3v) is 3.65. The number of imidazole rings is 1. The maximum absolute atomic E-state index is 12.2. The van der Waals surface area contributed by atoms with Crippen LogP contribution in [0.5, 0.6) is 0 Å². The number of fused-ring (bicyclic) bond motifs is 1. The molecule has 22 heavy (non-hydrogen) atoms. The van der Waals surface area contributed by atoms with Gasteiger partial charge < -0.3 is 15.3 Å². The molecule has 0 saturated heterocycles. The van der Waals surface area contributed by atoms with Gasteiger partial charge in [-0.05, 0) is 42.3 Å². The van der Waals surface area contributed by atoms with Crippen LogP contribution in [0.15, 0.2) is 41.2 Å². The van der Waals surface area contributed by atoms with Crippen molar-refractivity contribution in [3.63, 3.8) is 0 Å². The molecule has 0 bridgehead atoms. The first-order valence-corrected chi connectivity index (χ1v) is 7.16. The minimum Gasteiger partial charge on any atom is -0.326 e. The van der Waals surface area contributed by atoms with Gasteiger partial charge in [-0.3, -0.25) is 4.79 Å². The van der Waals surface area contributed by atoms with Crippen LogP contribution in [0.25, 0.3) is 11.0 Å². The van der Waals surface area contributed by atoms with Crippen LogP contribution in [0, 0.1) is 6.92 Å². The van der Waals surface area contributed by atoms with Crippen molar-refractivity contribution in [2.75, 3.05) is 5.32 Å². The SMILES string of the molecule is Cc1ccc(Cl)cc1NC(=O)Cc1ccc2[nH]c(=O)[nH]c2c1. The molecule has 2 aromatic carbocycles. The van der Waals surface area contributed by atoms with Crippen LogP contribution in [-0.2, 0) is 11.2 Å². The second-order valence-corrected chi connectivity index (χ2v) is 5.58. The fraction of sp³-hybridized carbons (Fsp3) is 0.125. The molecule has 0 radical (unpaired) electrons. The molecule has 3 aromatic rings. The Morgan fingerprint density at radius 3 is 2.73 bits per heavy atom. The highest BCUT2D eigenvalue weighted by Crippen LogP contribution is 2.20. The maximum Gasteiger partial charge on any atom is 0.323 e. The molecule has 112 valence electrons. The minimum atomic E-state index is -0.258. The highest BCUT2D eigenvalue weighted by molar-refractivity contribution is 6.31. The molecule has 0 fully saturated rings. The van der Waals surface area contributed by atoms with Gasteiger partial charge in [0.15, 0.2) is 0 Å². The zero-order chi connectivity index (χ0) is 15.7. The topological polar surface area (TPSA) is 77.8 Å². The van der Waals surface area contributed by atoms with E-state index in [9.17, 15) is 9.59 Å². The van der Waals surface area contributed by atoms with Crippen molar-refractivity contribution < 1.29 is 4.79 Å². The van der Waals surface area contributed by atoms with Gasteiger partial charge in [0, 0.05) is 10.7 Å². The van der Waals surface area contributed by atoms with E-state index in [-0.39, 0.29) is 18.0 Å². The summed E-state index contributed by atoms with van der Waals surface area (Å²) in [4.78, 5) is 28.7. The lowest BCUT2D eigenvalue weighted by molar-refractivity contribution is -0.115. The number of hydrogen-bond donors (Lipinski definition) is 3. The molecule has 3 rings (SSSR count). The van der Waals surface area contributed by atoms with E-state index in [1.54, 1.807) is 24.3 Å². The average Bonchev–Trinajstić information content (AvgIpc) is 2.82. The number of aromatic nitrogens is 2. The van der Waals surface area contributed by atoms with Gasteiger partial charge in [0.2, 0.25) is 5.91 Å². The molecule has 0 aliphatic carbocycles. The van der Waals surface area contributed by atoms with Crippen molar-refractivity contribution in [2.45, 2.75) is 13.3 Å². The van der Waals surface area contributed by atoms with Crippen molar-refractivity contribution in [2.24, 2.45) is 0 Å². The van der Waals surface area contributed by atoms with E-state index < -0.39 is 0 Å². The number of rotatable bonds is 3. The minimum absolute atomic E-state index is 0.136. The zero-order valence-corrected chi connectivity index (χ0v) is 12.6. The monoisotopic (exact) mass is 315 g/mol. The van der Waals surface area contributed by atoms with Gasteiger partial charge >= 0.3 is 5.69 Å². The molecule has 0 aliphatic rings. The number of benzene rings is 2. The summed E-state index contributed by atoms with van der Waals surface area (Å²) in [6.07, 6.45) is 0.217. The molecule has 3 N–H and O–H groups in total. The second kappa shape index (κ2) is 5.69. The third kappa shape index (κ3) is 3.04. The van der Waals surface area contributed by atoms with Crippen molar-refractivity contribution in [1.29, 1.82) is 0 Å². The normalized spacial score (nSPS) is 10.8. The van der Waals surface area contributed by atoms with Crippen molar-refractivity contribution in [3.8, 4) is 0 Å². The van der Waals surface area contributed by atoms with Gasteiger partial charge in [0.25, 0.3) is 0 Å². The molecule has 0 spiro atoms.